The monoisotopic (exact) mass is 270 g/mol. The van der Waals surface area contributed by atoms with Crippen LogP contribution in [0, 0.1) is 26.7 Å². The van der Waals surface area contributed by atoms with Gasteiger partial charge in [-0.05, 0) is 49.6 Å². The van der Waals surface area contributed by atoms with Crippen molar-refractivity contribution in [2.45, 2.75) is 27.7 Å². The van der Waals surface area contributed by atoms with E-state index < -0.39 is 9.84 Å². The highest BCUT2D eigenvalue weighted by molar-refractivity contribution is 7.90. The molecule has 0 heterocycles. The van der Waals surface area contributed by atoms with Crippen LogP contribution in [0.15, 0.2) is 12.1 Å². The minimum atomic E-state index is -2.93. The molecule has 1 atom stereocenters. The fraction of sp³-hybridized carbons (Fsp3) is 0.571. The number of ether oxygens (including phenoxy) is 1. The van der Waals surface area contributed by atoms with E-state index in [0.29, 0.717) is 6.61 Å². The standard InChI is InChI=1S/C14H22O3S/c1-10(9-18(5,15)16)8-17-14-6-11(2)13(4)12(3)7-14/h6-7,10H,8-9H2,1-5H3/t10-/m1/s1. The van der Waals surface area contributed by atoms with Crippen LogP contribution in [-0.2, 0) is 9.84 Å². The van der Waals surface area contributed by atoms with Gasteiger partial charge in [0.1, 0.15) is 15.6 Å². The van der Waals surface area contributed by atoms with Crippen LogP contribution in [0.2, 0.25) is 0 Å². The minimum Gasteiger partial charge on any atom is -0.493 e. The highest BCUT2D eigenvalue weighted by atomic mass is 32.2. The molecule has 4 heteroatoms. The minimum absolute atomic E-state index is 0.00177. The van der Waals surface area contributed by atoms with E-state index in [2.05, 4.69) is 20.8 Å². The van der Waals surface area contributed by atoms with Crippen LogP contribution in [0.5, 0.6) is 5.75 Å². The van der Waals surface area contributed by atoms with Gasteiger partial charge in [-0.2, -0.15) is 0 Å². The number of aryl methyl sites for hydroxylation is 2. The zero-order valence-corrected chi connectivity index (χ0v) is 12.6. The Morgan fingerprint density at radius 2 is 1.67 bits per heavy atom. The Labute approximate surface area is 110 Å². The molecule has 0 saturated heterocycles. The van der Waals surface area contributed by atoms with Crippen molar-refractivity contribution in [1.82, 2.24) is 0 Å². The zero-order chi connectivity index (χ0) is 13.9. The van der Waals surface area contributed by atoms with Crippen LogP contribution in [0.3, 0.4) is 0 Å². The molecule has 0 unspecified atom stereocenters. The maximum Gasteiger partial charge on any atom is 0.147 e. The molecular formula is C14H22O3S. The second-order valence-electron chi connectivity index (χ2n) is 5.19. The number of hydrogen-bond donors (Lipinski definition) is 0. The molecule has 1 aromatic rings. The van der Waals surface area contributed by atoms with Gasteiger partial charge in [-0.15, -0.1) is 0 Å². The molecule has 102 valence electrons. The summed E-state index contributed by atoms with van der Waals surface area (Å²) < 4.78 is 28.0. The van der Waals surface area contributed by atoms with Gasteiger partial charge in [0.15, 0.2) is 0 Å². The SMILES string of the molecule is Cc1cc(OC[C@@H](C)CS(C)(=O)=O)cc(C)c1C. The van der Waals surface area contributed by atoms with Crippen molar-refractivity contribution >= 4 is 9.84 Å². The first-order valence-electron chi connectivity index (χ1n) is 6.07. The lowest BCUT2D eigenvalue weighted by molar-refractivity contribution is 0.271. The maximum atomic E-state index is 11.2. The van der Waals surface area contributed by atoms with Gasteiger partial charge >= 0.3 is 0 Å². The van der Waals surface area contributed by atoms with Gasteiger partial charge < -0.3 is 4.74 Å². The van der Waals surface area contributed by atoms with Crippen molar-refractivity contribution in [3.05, 3.63) is 28.8 Å². The lowest BCUT2D eigenvalue weighted by atomic mass is 10.0. The summed E-state index contributed by atoms with van der Waals surface area (Å²) in [7, 11) is -2.93. The highest BCUT2D eigenvalue weighted by Gasteiger charge is 2.11. The number of benzene rings is 1. The molecule has 0 fully saturated rings. The van der Waals surface area contributed by atoms with Crippen molar-refractivity contribution < 1.29 is 13.2 Å². The molecule has 1 rings (SSSR count). The molecule has 18 heavy (non-hydrogen) atoms. The quantitative estimate of drug-likeness (QED) is 0.826. The first kappa shape index (κ1) is 15.0. The van der Waals surface area contributed by atoms with Gasteiger partial charge in [-0.25, -0.2) is 8.42 Å². The normalized spacial score (nSPS) is 13.4. The van der Waals surface area contributed by atoms with Crippen LogP contribution in [-0.4, -0.2) is 27.0 Å². The van der Waals surface area contributed by atoms with E-state index in [9.17, 15) is 8.42 Å². The van der Waals surface area contributed by atoms with Crippen molar-refractivity contribution in [2.75, 3.05) is 18.6 Å². The Bertz CT molecular complexity index is 495. The van der Waals surface area contributed by atoms with E-state index in [1.165, 1.54) is 22.9 Å². The fourth-order valence-corrected chi connectivity index (χ4v) is 3.01. The van der Waals surface area contributed by atoms with Crippen LogP contribution < -0.4 is 4.74 Å². The molecule has 1 aromatic carbocycles. The Kier molecular flexibility index (Phi) is 4.79. The Balaban J connectivity index is 2.64. The second-order valence-corrected chi connectivity index (χ2v) is 7.38. The van der Waals surface area contributed by atoms with Crippen LogP contribution in [0.1, 0.15) is 23.6 Å². The molecule has 0 spiro atoms. The smallest absolute Gasteiger partial charge is 0.147 e. The van der Waals surface area contributed by atoms with E-state index in [4.69, 9.17) is 4.74 Å². The summed E-state index contributed by atoms with van der Waals surface area (Å²) in [6.07, 6.45) is 1.25. The molecule has 0 saturated carbocycles. The third kappa shape index (κ3) is 4.69. The molecule has 3 nitrogen and oxygen atoms in total. The van der Waals surface area contributed by atoms with E-state index in [-0.39, 0.29) is 11.7 Å². The van der Waals surface area contributed by atoms with Crippen molar-refractivity contribution in [3.8, 4) is 5.75 Å². The van der Waals surface area contributed by atoms with E-state index in [0.717, 1.165) is 5.75 Å². The Morgan fingerprint density at radius 1 is 1.17 bits per heavy atom. The Morgan fingerprint density at radius 3 is 2.11 bits per heavy atom. The average molecular weight is 270 g/mol. The van der Waals surface area contributed by atoms with E-state index in [1.54, 1.807) is 0 Å². The molecule has 0 aromatic heterocycles. The van der Waals surface area contributed by atoms with Gasteiger partial charge in [0.2, 0.25) is 0 Å². The third-order valence-electron chi connectivity index (χ3n) is 3.02. The summed E-state index contributed by atoms with van der Waals surface area (Å²) in [6, 6.07) is 3.99. The number of hydrogen-bond acceptors (Lipinski definition) is 3. The summed E-state index contributed by atoms with van der Waals surface area (Å²) in [5.41, 5.74) is 3.66. The molecule has 0 bridgehead atoms. The molecule has 0 radical (unpaired) electrons. The summed E-state index contributed by atoms with van der Waals surface area (Å²) >= 11 is 0. The van der Waals surface area contributed by atoms with Gasteiger partial charge in [-0.3, -0.25) is 0 Å². The summed E-state index contributed by atoms with van der Waals surface area (Å²) in [5, 5.41) is 0. The van der Waals surface area contributed by atoms with Gasteiger partial charge in [0, 0.05) is 12.2 Å². The number of sulfone groups is 1. The van der Waals surface area contributed by atoms with Gasteiger partial charge in [-0.1, -0.05) is 6.92 Å². The van der Waals surface area contributed by atoms with Crippen LogP contribution >= 0.6 is 0 Å². The lowest BCUT2D eigenvalue weighted by Gasteiger charge is -2.14. The van der Waals surface area contributed by atoms with Gasteiger partial charge in [0.05, 0.1) is 12.4 Å². The summed E-state index contributed by atoms with van der Waals surface area (Å²) in [6.45, 7) is 8.49. The lowest BCUT2D eigenvalue weighted by Crippen LogP contribution is -2.18. The van der Waals surface area contributed by atoms with Crippen LogP contribution in [0.4, 0.5) is 0 Å². The Hall–Kier alpha value is -1.03. The maximum absolute atomic E-state index is 11.2. The summed E-state index contributed by atoms with van der Waals surface area (Å²) in [5.74, 6) is 0.981. The van der Waals surface area contributed by atoms with E-state index >= 15 is 0 Å². The van der Waals surface area contributed by atoms with Crippen molar-refractivity contribution in [3.63, 3.8) is 0 Å². The topological polar surface area (TPSA) is 43.4 Å². The predicted octanol–water partition coefficient (Wildman–Crippen LogP) is 2.67. The summed E-state index contributed by atoms with van der Waals surface area (Å²) in [4.78, 5) is 0. The van der Waals surface area contributed by atoms with E-state index in [1.807, 2.05) is 19.1 Å². The van der Waals surface area contributed by atoms with Gasteiger partial charge in [0.25, 0.3) is 0 Å². The second kappa shape index (κ2) is 5.74. The number of rotatable bonds is 5. The van der Waals surface area contributed by atoms with Crippen molar-refractivity contribution in [2.24, 2.45) is 5.92 Å². The molecular weight excluding hydrogens is 248 g/mol. The third-order valence-corrected chi connectivity index (χ3v) is 4.20. The molecule has 0 aliphatic carbocycles. The first-order chi connectivity index (χ1) is 8.19. The highest BCUT2D eigenvalue weighted by Crippen LogP contribution is 2.21. The molecule has 0 aliphatic rings. The zero-order valence-electron chi connectivity index (χ0n) is 11.8. The molecule has 0 N–H and O–H groups in total. The largest absolute Gasteiger partial charge is 0.493 e. The first-order valence-corrected chi connectivity index (χ1v) is 8.13. The predicted molar refractivity (Wildman–Crippen MR) is 75.0 cm³/mol. The average Bonchev–Trinajstić information content (AvgIpc) is 2.20. The fourth-order valence-electron chi connectivity index (χ4n) is 1.88. The van der Waals surface area contributed by atoms with Crippen LogP contribution in [0.25, 0.3) is 0 Å². The van der Waals surface area contributed by atoms with Crippen molar-refractivity contribution in [1.29, 1.82) is 0 Å². The molecule has 0 amide bonds. The molecule has 0 aliphatic heterocycles.